The number of aromatic nitrogens is 1. The third kappa shape index (κ3) is 5.74. The van der Waals surface area contributed by atoms with E-state index in [2.05, 4.69) is 10.4 Å². The molecule has 115 valence electrons. The third-order valence-corrected chi connectivity index (χ3v) is 3.84. The van der Waals surface area contributed by atoms with Crippen molar-refractivity contribution in [3.05, 3.63) is 40.6 Å². The van der Waals surface area contributed by atoms with E-state index >= 15 is 0 Å². The first-order valence-corrected chi connectivity index (χ1v) is 7.48. The maximum atomic E-state index is 12.7. The number of carbonyl (C=O) groups excluding carboxylic acids is 1. The number of aromatic hydroxyl groups is 1. The van der Waals surface area contributed by atoms with Gasteiger partial charge in [0.05, 0.1) is 0 Å². The Bertz CT molecular complexity index is 604. The van der Waals surface area contributed by atoms with E-state index in [1.54, 1.807) is 29.2 Å². The van der Waals surface area contributed by atoms with E-state index < -0.39 is 5.95 Å². The van der Waals surface area contributed by atoms with Crippen molar-refractivity contribution in [2.75, 3.05) is 11.4 Å². The van der Waals surface area contributed by atoms with Gasteiger partial charge in [-0.1, -0.05) is 17.8 Å². The Kier molecular flexibility index (Phi) is 8.14. The van der Waals surface area contributed by atoms with Crippen LogP contribution in [0.2, 0.25) is 0 Å². The first kappa shape index (κ1) is 19.2. The maximum absolute atomic E-state index is 12.7. The Balaban J connectivity index is 0.00000242. The Labute approximate surface area is 158 Å². The fourth-order valence-electron chi connectivity index (χ4n) is 2.01. The summed E-state index contributed by atoms with van der Waals surface area (Å²) in [5, 5.41) is 12.4. The second-order valence-corrected chi connectivity index (χ2v) is 5.52. The van der Waals surface area contributed by atoms with Gasteiger partial charge in [0.1, 0.15) is 11.7 Å². The zero-order valence-electron chi connectivity index (χ0n) is 12.3. The molecular formula is C15H16FN2O2SY-. The molecule has 0 unspecified atom stereocenters. The Morgan fingerprint density at radius 2 is 2.05 bits per heavy atom. The van der Waals surface area contributed by atoms with Crippen LogP contribution in [0.25, 0.3) is 0 Å². The van der Waals surface area contributed by atoms with Gasteiger partial charge in [-0.3, -0.25) is 4.79 Å². The molecule has 0 aliphatic carbocycles. The molecule has 0 saturated carbocycles. The number of anilines is 1. The van der Waals surface area contributed by atoms with Crippen LogP contribution in [0.4, 0.5) is 10.1 Å². The summed E-state index contributed by atoms with van der Waals surface area (Å²) in [6.45, 7) is 2.09. The summed E-state index contributed by atoms with van der Waals surface area (Å²) in [7, 11) is 0. The molecular weight excluding hydrogens is 380 g/mol. The molecule has 4 nitrogen and oxygen atoms in total. The predicted octanol–water partition coefficient (Wildman–Crippen LogP) is 3.16. The predicted molar refractivity (Wildman–Crippen MR) is 80.0 cm³/mol. The minimum Gasteiger partial charge on any atom is -0.508 e. The van der Waals surface area contributed by atoms with E-state index in [0.717, 1.165) is 23.5 Å². The van der Waals surface area contributed by atoms with Crippen molar-refractivity contribution in [1.82, 2.24) is 4.98 Å². The molecule has 1 radical (unpaired) electrons. The van der Waals surface area contributed by atoms with Crippen LogP contribution in [0.1, 0.15) is 24.8 Å². The van der Waals surface area contributed by atoms with Gasteiger partial charge in [-0.2, -0.15) is 0 Å². The molecule has 0 spiro atoms. The van der Waals surface area contributed by atoms with Crippen LogP contribution in [-0.4, -0.2) is 22.5 Å². The number of hydrogen-bond donors (Lipinski definition) is 1. The average Bonchev–Trinajstić information content (AvgIpc) is 2.85. The van der Waals surface area contributed by atoms with Crippen molar-refractivity contribution in [3.8, 4) is 5.75 Å². The van der Waals surface area contributed by atoms with Crippen LogP contribution in [0, 0.1) is 11.3 Å². The number of hydrogen-bond acceptors (Lipinski definition) is 4. The van der Waals surface area contributed by atoms with Crippen LogP contribution >= 0.6 is 11.3 Å². The summed E-state index contributed by atoms with van der Waals surface area (Å²) in [4.78, 5) is 17.1. The summed E-state index contributed by atoms with van der Waals surface area (Å²) in [6.07, 6.45) is 2.30. The second-order valence-electron chi connectivity index (χ2n) is 4.64. The fourth-order valence-corrected chi connectivity index (χ4v) is 2.63. The molecule has 1 aromatic carbocycles. The molecule has 0 aliphatic heterocycles. The van der Waals surface area contributed by atoms with Gasteiger partial charge in [0.25, 0.3) is 0 Å². The molecule has 1 amide bonds. The zero-order valence-corrected chi connectivity index (χ0v) is 15.9. The van der Waals surface area contributed by atoms with Crippen molar-refractivity contribution in [1.29, 1.82) is 0 Å². The number of thiazole rings is 1. The van der Waals surface area contributed by atoms with Crippen molar-refractivity contribution in [2.45, 2.75) is 26.2 Å². The van der Waals surface area contributed by atoms with Crippen molar-refractivity contribution in [2.24, 2.45) is 0 Å². The molecule has 0 aliphatic rings. The minimum absolute atomic E-state index is 0. The van der Waals surface area contributed by atoms with Crippen LogP contribution in [0.15, 0.2) is 24.3 Å². The summed E-state index contributed by atoms with van der Waals surface area (Å²) in [6, 6.07) is 6.53. The summed E-state index contributed by atoms with van der Waals surface area (Å²) in [5.74, 6) is -0.428. The molecule has 7 heteroatoms. The van der Waals surface area contributed by atoms with Crippen molar-refractivity contribution in [3.63, 3.8) is 0 Å². The zero-order chi connectivity index (χ0) is 15.2. The van der Waals surface area contributed by atoms with Gasteiger partial charge in [-0.05, 0) is 30.7 Å². The molecule has 22 heavy (non-hydrogen) atoms. The van der Waals surface area contributed by atoms with Gasteiger partial charge in [0.15, 0.2) is 0 Å². The van der Waals surface area contributed by atoms with E-state index in [1.165, 1.54) is 18.3 Å². The maximum Gasteiger partial charge on any atom is 0.223 e. The van der Waals surface area contributed by atoms with Gasteiger partial charge in [-0.15, -0.1) is 5.38 Å². The van der Waals surface area contributed by atoms with Crippen molar-refractivity contribution < 1.29 is 47.0 Å². The molecule has 2 rings (SSSR count). The average molecular weight is 396 g/mol. The molecule has 0 saturated heterocycles. The van der Waals surface area contributed by atoms with E-state index in [4.69, 9.17) is 0 Å². The minimum atomic E-state index is -0.551. The molecule has 0 bridgehead atoms. The number of unbranched alkanes of at least 4 members (excludes halogenated alkanes) is 1. The van der Waals surface area contributed by atoms with Gasteiger partial charge >= 0.3 is 0 Å². The van der Waals surface area contributed by atoms with Gasteiger partial charge in [0.2, 0.25) is 5.91 Å². The Morgan fingerprint density at radius 1 is 1.36 bits per heavy atom. The van der Waals surface area contributed by atoms with Crippen LogP contribution in [0.5, 0.6) is 5.75 Å². The van der Waals surface area contributed by atoms with Crippen molar-refractivity contribution >= 4 is 22.9 Å². The number of aryl methyl sites for hydroxylation is 1. The first-order valence-electron chi connectivity index (χ1n) is 6.66. The van der Waals surface area contributed by atoms with Crippen LogP contribution in [-0.2, 0) is 43.9 Å². The normalized spacial score (nSPS) is 10.1. The Morgan fingerprint density at radius 3 is 2.59 bits per heavy atom. The number of nitrogens with zero attached hydrogens (tertiary/aromatic N) is 2. The standard InChI is InChI=1S/C15H16FN2O2S.Y/c1-11(19)18(12-5-7-13(20)8-6-12)9-3-2-4-15-17-14(16)10-21-15;/h5-8,20H,2-4,9H2,1H3;/q-1;. The molecule has 2 aromatic rings. The second kappa shape index (κ2) is 9.33. The summed E-state index contributed by atoms with van der Waals surface area (Å²) < 4.78 is 12.7. The smallest absolute Gasteiger partial charge is 0.223 e. The number of halogens is 1. The molecule has 1 aromatic heterocycles. The van der Waals surface area contributed by atoms with Gasteiger partial charge in [-0.25, -0.2) is 4.39 Å². The van der Waals surface area contributed by atoms with Crippen LogP contribution in [0.3, 0.4) is 0 Å². The number of phenolic OH excluding ortho intramolecular Hbond substituents is 1. The fraction of sp³-hybridized carbons (Fsp3) is 0.333. The Hall–Kier alpha value is -0.846. The molecule has 0 atom stereocenters. The van der Waals surface area contributed by atoms with E-state index in [9.17, 15) is 14.3 Å². The topological polar surface area (TPSA) is 53.4 Å². The molecule has 1 N–H and O–H groups in total. The van der Waals surface area contributed by atoms with Crippen LogP contribution < -0.4 is 4.90 Å². The van der Waals surface area contributed by atoms with Gasteiger partial charge in [0, 0.05) is 51.9 Å². The third-order valence-electron chi connectivity index (χ3n) is 3.04. The molecule has 0 fully saturated rings. The number of benzene rings is 1. The SMILES string of the molecule is CC(=O)N(CCCCc1nc(F)[c-]s1)c1ccc(O)cc1.[Y]. The summed E-state index contributed by atoms with van der Waals surface area (Å²) in [5.41, 5.74) is 0.758. The quantitative estimate of drug-likeness (QED) is 0.603. The monoisotopic (exact) mass is 396 g/mol. The summed E-state index contributed by atoms with van der Waals surface area (Å²) >= 11 is 1.19. The van der Waals surface area contributed by atoms with E-state index in [-0.39, 0.29) is 44.4 Å². The number of phenols is 1. The van der Waals surface area contributed by atoms with Gasteiger partial charge < -0.3 is 26.3 Å². The first-order chi connectivity index (χ1) is 10.1. The van der Waals surface area contributed by atoms with E-state index in [1.807, 2.05) is 0 Å². The number of carbonyl (C=O) groups is 1. The number of rotatable bonds is 6. The largest absolute Gasteiger partial charge is 0.508 e. The number of amides is 1. The molecule has 1 heterocycles. The van der Waals surface area contributed by atoms with E-state index in [0.29, 0.717) is 13.0 Å².